The monoisotopic (exact) mass is 402 g/mol. The Morgan fingerprint density at radius 1 is 1.04 bits per heavy atom. The number of nitrogens with zero attached hydrogens (tertiary/aromatic N) is 3. The van der Waals surface area contributed by atoms with E-state index >= 15 is 0 Å². The number of benzene rings is 2. The number of pyridine rings is 1. The van der Waals surface area contributed by atoms with E-state index in [2.05, 4.69) is 10.4 Å². The van der Waals surface area contributed by atoms with E-state index in [4.69, 9.17) is 4.98 Å². The number of rotatable bonds is 3. The molecule has 0 saturated carbocycles. The molecule has 0 aliphatic heterocycles. The minimum Gasteiger partial charge on any atom is -0.354 e. The second kappa shape index (κ2) is 6.83. The molecule has 8 heteroatoms. The van der Waals surface area contributed by atoms with E-state index in [1.165, 1.54) is 6.26 Å². The molecule has 0 aliphatic carbocycles. The van der Waals surface area contributed by atoms with Gasteiger partial charge < -0.3 is 5.32 Å². The molecule has 0 saturated heterocycles. The summed E-state index contributed by atoms with van der Waals surface area (Å²) in [6.07, 6.45) is 1.20. The molecule has 0 radical (unpaired) electrons. The molecular weight excluding hydrogens is 384 g/mol. The van der Waals surface area contributed by atoms with Gasteiger partial charge in [0.1, 0.15) is 0 Å². The Hall–Kier alpha value is -2.64. The second-order valence-electron chi connectivity index (χ2n) is 6.33. The SMILES string of the molecule is Cc1nn(C)c2nc3ccccc3c(Nc3ccc(S(C)(=O)=O)cc3)c12.Cl. The standard InChI is InChI=1S/C19H18N4O2S.ClH/c1-12-17-18(20-13-8-10-14(11-9-13)26(3,24)25)15-6-4-5-7-16(15)21-19(17)23(2)22-12;/h4-11H,1-3H3,(H,20,21);1H. The third kappa shape index (κ3) is 3.36. The van der Waals surface area contributed by atoms with Gasteiger partial charge in [-0.05, 0) is 37.3 Å². The third-order valence-corrected chi connectivity index (χ3v) is 5.52. The molecule has 4 aromatic rings. The average Bonchev–Trinajstić information content (AvgIpc) is 2.88. The highest BCUT2D eigenvalue weighted by atomic mass is 35.5. The number of para-hydroxylation sites is 1. The summed E-state index contributed by atoms with van der Waals surface area (Å²) in [5, 5.41) is 9.88. The number of halogens is 1. The topological polar surface area (TPSA) is 76.9 Å². The van der Waals surface area contributed by atoms with E-state index in [1.807, 2.05) is 38.2 Å². The van der Waals surface area contributed by atoms with Crippen molar-refractivity contribution in [2.75, 3.05) is 11.6 Å². The molecule has 6 nitrogen and oxygen atoms in total. The van der Waals surface area contributed by atoms with Crippen molar-refractivity contribution in [2.24, 2.45) is 7.05 Å². The Bertz CT molecular complexity index is 1250. The number of aromatic nitrogens is 3. The second-order valence-corrected chi connectivity index (χ2v) is 8.35. The highest BCUT2D eigenvalue weighted by molar-refractivity contribution is 7.90. The molecule has 140 valence electrons. The van der Waals surface area contributed by atoms with Crippen molar-refractivity contribution in [3.8, 4) is 0 Å². The van der Waals surface area contributed by atoms with Crippen molar-refractivity contribution in [1.82, 2.24) is 14.8 Å². The summed E-state index contributed by atoms with van der Waals surface area (Å²) in [6.45, 7) is 1.96. The smallest absolute Gasteiger partial charge is 0.175 e. The summed E-state index contributed by atoms with van der Waals surface area (Å²) < 4.78 is 25.1. The Labute approximate surface area is 163 Å². The summed E-state index contributed by atoms with van der Waals surface area (Å²) in [7, 11) is -1.34. The quantitative estimate of drug-likeness (QED) is 0.560. The van der Waals surface area contributed by atoms with Crippen LogP contribution in [0.2, 0.25) is 0 Å². The number of anilines is 2. The predicted molar refractivity (Wildman–Crippen MR) is 111 cm³/mol. The van der Waals surface area contributed by atoms with Gasteiger partial charge in [0.05, 0.1) is 27.2 Å². The van der Waals surface area contributed by atoms with Crippen LogP contribution < -0.4 is 5.32 Å². The van der Waals surface area contributed by atoms with Gasteiger partial charge in [-0.1, -0.05) is 18.2 Å². The molecule has 1 N–H and O–H groups in total. The van der Waals surface area contributed by atoms with E-state index in [-0.39, 0.29) is 12.4 Å². The van der Waals surface area contributed by atoms with Crippen LogP contribution in [0.3, 0.4) is 0 Å². The van der Waals surface area contributed by atoms with Crippen LogP contribution in [0.4, 0.5) is 11.4 Å². The van der Waals surface area contributed by atoms with Crippen molar-refractivity contribution >= 4 is 55.6 Å². The summed E-state index contributed by atoms with van der Waals surface area (Å²) >= 11 is 0. The summed E-state index contributed by atoms with van der Waals surface area (Å²) in [6, 6.07) is 14.7. The Kier molecular flexibility index (Phi) is 4.84. The number of fused-ring (bicyclic) bond motifs is 2. The van der Waals surface area contributed by atoms with Crippen LogP contribution >= 0.6 is 12.4 Å². The molecule has 27 heavy (non-hydrogen) atoms. The largest absolute Gasteiger partial charge is 0.354 e. The minimum absolute atomic E-state index is 0. The van der Waals surface area contributed by atoms with E-state index < -0.39 is 9.84 Å². The summed E-state index contributed by atoms with van der Waals surface area (Å²) in [4.78, 5) is 5.02. The molecule has 2 aromatic heterocycles. The van der Waals surface area contributed by atoms with Gasteiger partial charge in [0.15, 0.2) is 15.5 Å². The zero-order valence-corrected chi connectivity index (χ0v) is 16.7. The maximum absolute atomic E-state index is 11.7. The fourth-order valence-electron chi connectivity index (χ4n) is 3.16. The van der Waals surface area contributed by atoms with Gasteiger partial charge in [0.25, 0.3) is 0 Å². The number of nitrogens with one attached hydrogen (secondary N) is 1. The zero-order valence-electron chi connectivity index (χ0n) is 15.1. The Morgan fingerprint density at radius 3 is 2.37 bits per heavy atom. The zero-order chi connectivity index (χ0) is 18.5. The molecular formula is C19H19ClN4O2S. The molecule has 4 rings (SSSR count). The van der Waals surface area contributed by atoms with Crippen molar-refractivity contribution in [2.45, 2.75) is 11.8 Å². The summed E-state index contributed by atoms with van der Waals surface area (Å²) in [5.74, 6) is 0. The van der Waals surface area contributed by atoms with Crippen molar-refractivity contribution < 1.29 is 8.42 Å². The van der Waals surface area contributed by atoms with Gasteiger partial charge in [-0.3, -0.25) is 4.68 Å². The summed E-state index contributed by atoms with van der Waals surface area (Å²) in [5.41, 5.74) is 4.28. The lowest BCUT2D eigenvalue weighted by Crippen LogP contribution is -1.99. The minimum atomic E-state index is -3.22. The molecule has 2 heterocycles. The molecule has 0 spiro atoms. The number of hydrogen-bond donors (Lipinski definition) is 1. The number of aryl methyl sites for hydroxylation is 2. The van der Waals surface area contributed by atoms with Gasteiger partial charge in [-0.2, -0.15) is 5.10 Å². The third-order valence-electron chi connectivity index (χ3n) is 4.39. The fraction of sp³-hybridized carbons (Fsp3) is 0.158. The van der Waals surface area contributed by atoms with Crippen molar-refractivity contribution in [3.05, 3.63) is 54.2 Å². The molecule has 2 aromatic carbocycles. The average molecular weight is 403 g/mol. The van der Waals surface area contributed by atoms with E-state index in [0.717, 1.165) is 39.0 Å². The van der Waals surface area contributed by atoms with E-state index in [1.54, 1.807) is 28.9 Å². The first-order valence-corrected chi connectivity index (χ1v) is 10.0. The van der Waals surface area contributed by atoms with Crippen LogP contribution in [0, 0.1) is 6.92 Å². The predicted octanol–water partition coefficient (Wildman–Crippen LogP) is 4.00. The van der Waals surface area contributed by atoms with Gasteiger partial charge >= 0.3 is 0 Å². The molecule has 0 atom stereocenters. The van der Waals surface area contributed by atoms with Crippen molar-refractivity contribution in [3.63, 3.8) is 0 Å². The van der Waals surface area contributed by atoms with Crippen LogP contribution in [0.1, 0.15) is 5.69 Å². The number of sulfone groups is 1. The lowest BCUT2D eigenvalue weighted by Gasteiger charge is -2.12. The molecule has 0 aliphatic rings. The van der Waals surface area contributed by atoms with Gasteiger partial charge in [-0.25, -0.2) is 13.4 Å². The Balaban J connectivity index is 0.00000210. The first kappa shape index (κ1) is 19.1. The lowest BCUT2D eigenvalue weighted by atomic mass is 10.1. The van der Waals surface area contributed by atoms with E-state index in [0.29, 0.717) is 4.90 Å². The van der Waals surface area contributed by atoms with Crippen LogP contribution in [0.15, 0.2) is 53.4 Å². The first-order valence-electron chi connectivity index (χ1n) is 8.14. The molecule has 0 bridgehead atoms. The Morgan fingerprint density at radius 2 is 1.70 bits per heavy atom. The first-order chi connectivity index (χ1) is 12.3. The van der Waals surface area contributed by atoms with Crippen LogP contribution in [-0.4, -0.2) is 29.4 Å². The molecule has 0 amide bonds. The molecule has 0 fully saturated rings. The van der Waals surface area contributed by atoms with Crippen molar-refractivity contribution in [1.29, 1.82) is 0 Å². The van der Waals surface area contributed by atoms with Crippen LogP contribution in [0.25, 0.3) is 21.9 Å². The van der Waals surface area contributed by atoms with Gasteiger partial charge in [0.2, 0.25) is 0 Å². The highest BCUT2D eigenvalue weighted by Crippen LogP contribution is 2.34. The van der Waals surface area contributed by atoms with Crippen LogP contribution in [0.5, 0.6) is 0 Å². The highest BCUT2D eigenvalue weighted by Gasteiger charge is 2.16. The van der Waals surface area contributed by atoms with Crippen LogP contribution in [-0.2, 0) is 16.9 Å². The fourth-order valence-corrected chi connectivity index (χ4v) is 3.79. The van der Waals surface area contributed by atoms with Gasteiger partial charge in [0, 0.05) is 24.4 Å². The molecule has 0 unspecified atom stereocenters. The number of hydrogen-bond acceptors (Lipinski definition) is 5. The van der Waals surface area contributed by atoms with E-state index in [9.17, 15) is 8.42 Å². The maximum atomic E-state index is 11.7. The normalized spacial score (nSPS) is 11.5. The lowest BCUT2D eigenvalue weighted by molar-refractivity contribution is 0.602. The maximum Gasteiger partial charge on any atom is 0.175 e. The van der Waals surface area contributed by atoms with Gasteiger partial charge in [-0.15, -0.1) is 12.4 Å².